The van der Waals surface area contributed by atoms with E-state index >= 15 is 0 Å². The third-order valence-electron chi connectivity index (χ3n) is 5.04. The van der Waals surface area contributed by atoms with Crippen molar-refractivity contribution in [2.24, 2.45) is 0 Å². The van der Waals surface area contributed by atoms with Crippen molar-refractivity contribution in [3.63, 3.8) is 0 Å². The minimum absolute atomic E-state index is 0.110. The predicted octanol–water partition coefficient (Wildman–Crippen LogP) is 4.57. The van der Waals surface area contributed by atoms with E-state index in [1.165, 1.54) is 23.9 Å². The Hall–Kier alpha value is -3.65. The molecule has 0 unspecified atom stereocenters. The molecular weight excluding hydrogens is 429 g/mol. The number of halogens is 1. The first-order valence-electron chi connectivity index (χ1n) is 9.97. The number of nitrogens with one attached hydrogen (secondary N) is 1. The molecule has 3 aromatic carbocycles. The van der Waals surface area contributed by atoms with Gasteiger partial charge >= 0.3 is 0 Å². The average Bonchev–Trinajstić information content (AvgIpc) is 3.30. The maximum Gasteiger partial charge on any atom is 0.231 e. The Kier molecular flexibility index (Phi) is 5.60. The van der Waals surface area contributed by atoms with E-state index in [2.05, 4.69) is 15.5 Å². The van der Waals surface area contributed by atoms with Crippen molar-refractivity contribution in [3.05, 3.63) is 78.1 Å². The second kappa shape index (κ2) is 8.84. The molecule has 0 radical (unpaired) electrons. The topological polar surface area (TPSA) is 73.3 Å². The molecule has 0 aliphatic carbocycles. The molecule has 1 aliphatic rings. The number of carbonyl (C=O) groups is 1. The summed E-state index contributed by atoms with van der Waals surface area (Å²) in [6.07, 6.45) is 0. The van der Waals surface area contributed by atoms with Crippen molar-refractivity contribution in [3.8, 4) is 22.8 Å². The first-order valence-corrected chi connectivity index (χ1v) is 11.0. The smallest absolute Gasteiger partial charge is 0.231 e. The Labute approximate surface area is 187 Å². The van der Waals surface area contributed by atoms with Crippen LogP contribution in [0.15, 0.2) is 71.8 Å². The van der Waals surface area contributed by atoms with Gasteiger partial charge in [0.2, 0.25) is 12.7 Å². The van der Waals surface area contributed by atoms with Gasteiger partial charge in [-0.2, -0.15) is 0 Å². The van der Waals surface area contributed by atoms with Crippen LogP contribution >= 0.6 is 11.8 Å². The monoisotopic (exact) mass is 447 g/mol. The first kappa shape index (κ1) is 20.3. The largest absolute Gasteiger partial charge is 0.454 e. The van der Waals surface area contributed by atoms with Crippen molar-refractivity contribution in [1.82, 2.24) is 15.5 Å². The van der Waals surface area contributed by atoms with Crippen molar-refractivity contribution in [2.45, 2.75) is 11.6 Å². The second-order valence-corrected chi connectivity index (χ2v) is 8.12. The molecule has 1 amide bonds. The van der Waals surface area contributed by atoms with Gasteiger partial charge in [-0.1, -0.05) is 42.1 Å². The fraction of sp³-hybridized carbons (Fsp3) is 0.125. The van der Waals surface area contributed by atoms with E-state index < -0.39 is 0 Å². The van der Waals surface area contributed by atoms with Crippen molar-refractivity contribution in [1.29, 1.82) is 0 Å². The Bertz CT molecular complexity index is 1300. The lowest BCUT2D eigenvalue weighted by Gasteiger charge is -2.10. The van der Waals surface area contributed by atoms with Crippen LogP contribution in [0.3, 0.4) is 0 Å². The lowest BCUT2D eigenvalue weighted by Crippen LogP contribution is -2.24. The zero-order valence-electron chi connectivity index (χ0n) is 16.9. The van der Waals surface area contributed by atoms with E-state index in [9.17, 15) is 9.18 Å². The third kappa shape index (κ3) is 4.22. The summed E-state index contributed by atoms with van der Waals surface area (Å²) in [5, 5.41) is 14.1. The van der Waals surface area contributed by atoms with Gasteiger partial charge in [0.25, 0.3) is 0 Å². The van der Waals surface area contributed by atoms with Crippen LogP contribution in [0, 0.1) is 5.82 Å². The van der Waals surface area contributed by atoms with Gasteiger partial charge in [0.1, 0.15) is 16.5 Å². The van der Waals surface area contributed by atoms with E-state index in [4.69, 9.17) is 9.47 Å². The molecule has 1 aliphatic heterocycles. The molecule has 0 atom stereocenters. The van der Waals surface area contributed by atoms with Gasteiger partial charge in [-0.3, -0.25) is 4.79 Å². The number of hydrogen-bond donors (Lipinski definition) is 1. The van der Waals surface area contributed by atoms with Gasteiger partial charge in [-0.05, 0) is 42.0 Å². The number of thioether (sulfide) groups is 1. The Morgan fingerprint density at radius 1 is 0.969 bits per heavy atom. The molecule has 0 saturated carbocycles. The van der Waals surface area contributed by atoms with Gasteiger partial charge in [0, 0.05) is 22.9 Å². The fourth-order valence-corrected chi connectivity index (χ4v) is 4.25. The van der Waals surface area contributed by atoms with Gasteiger partial charge < -0.3 is 14.8 Å². The highest BCUT2D eigenvalue weighted by atomic mass is 32.2. The highest BCUT2D eigenvalue weighted by Gasteiger charge is 2.15. The van der Waals surface area contributed by atoms with Gasteiger partial charge in [0.05, 0.1) is 5.75 Å². The van der Waals surface area contributed by atoms with Crippen LogP contribution in [0.25, 0.3) is 22.0 Å². The number of amides is 1. The highest BCUT2D eigenvalue weighted by molar-refractivity contribution is 8.00. The highest BCUT2D eigenvalue weighted by Crippen LogP contribution is 2.33. The molecule has 160 valence electrons. The molecule has 0 saturated heterocycles. The van der Waals surface area contributed by atoms with Crippen molar-refractivity contribution < 1.29 is 18.7 Å². The maximum atomic E-state index is 13.3. The van der Waals surface area contributed by atoms with Crippen LogP contribution in [-0.2, 0) is 11.3 Å². The maximum absolute atomic E-state index is 13.3. The molecule has 0 fully saturated rings. The Morgan fingerprint density at radius 2 is 1.75 bits per heavy atom. The number of ether oxygens (including phenoxy) is 2. The third-order valence-corrected chi connectivity index (χ3v) is 6.02. The van der Waals surface area contributed by atoms with E-state index in [0.717, 1.165) is 21.9 Å². The summed E-state index contributed by atoms with van der Waals surface area (Å²) in [6.45, 7) is 0.614. The summed E-state index contributed by atoms with van der Waals surface area (Å²) < 4.78 is 24.0. The number of rotatable bonds is 6. The summed E-state index contributed by atoms with van der Waals surface area (Å²) >= 11 is 1.33. The van der Waals surface area contributed by atoms with Crippen LogP contribution in [0.2, 0.25) is 0 Å². The minimum Gasteiger partial charge on any atom is -0.454 e. The first-order chi connectivity index (χ1) is 15.7. The molecule has 8 heteroatoms. The standard InChI is InChI=1S/C24H18FN3O3S/c25-17-8-6-16(7-9-17)23-18-3-1-2-4-19(18)24(28-27-23)32-13-22(29)26-12-15-5-10-20-21(11-15)31-14-30-20/h1-11H,12-14H2,(H,26,29). The molecule has 6 nitrogen and oxygen atoms in total. The predicted molar refractivity (Wildman–Crippen MR) is 120 cm³/mol. The molecule has 32 heavy (non-hydrogen) atoms. The minimum atomic E-state index is -0.301. The molecule has 4 aromatic rings. The second-order valence-electron chi connectivity index (χ2n) is 7.16. The number of carbonyl (C=O) groups excluding carboxylic acids is 1. The summed E-state index contributed by atoms with van der Waals surface area (Å²) in [5.74, 6) is 1.20. The number of aromatic nitrogens is 2. The molecule has 5 rings (SSSR count). The quantitative estimate of drug-likeness (QED) is 0.437. The average molecular weight is 447 g/mol. The molecule has 1 N–H and O–H groups in total. The molecule has 2 heterocycles. The van der Waals surface area contributed by atoms with Gasteiger partial charge in [0.15, 0.2) is 11.5 Å². The SMILES string of the molecule is O=C(CSc1nnc(-c2ccc(F)cc2)c2ccccc12)NCc1ccc2c(c1)OCO2. The summed E-state index contributed by atoms with van der Waals surface area (Å²) in [4.78, 5) is 12.4. The lowest BCUT2D eigenvalue weighted by atomic mass is 10.1. The number of hydrogen-bond acceptors (Lipinski definition) is 6. The molecule has 0 bridgehead atoms. The van der Waals surface area contributed by atoms with Gasteiger partial charge in [-0.15, -0.1) is 10.2 Å². The lowest BCUT2D eigenvalue weighted by molar-refractivity contribution is -0.118. The normalized spacial score (nSPS) is 12.2. The Morgan fingerprint density at radius 3 is 2.59 bits per heavy atom. The molecular formula is C24H18FN3O3S. The Balaban J connectivity index is 1.27. The number of benzene rings is 3. The van der Waals surface area contributed by atoms with Crippen LogP contribution in [0.4, 0.5) is 4.39 Å². The zero-order valence-corrected chi connectivity index (χ0v) is 17.7. The molecule has 0 spiro atoms. The van der Waals surface area contributed by atoms with E-state index in [-0.39, 0.29) is 24.3 Å². The van der Waals surface area contributed by atoms with Crippen LogP contribution < -0.4 is 14.8 Å². The number of nitrogens with zero attached hydrogens (tertiary/aromatic N) is 2. The zero-order chi connectivity index (χ0) is 21.9. The summed E-state index contributed by atoms with van der Waals surface area (Å²) in [7, 11) is 0. The molecule has 1 aromatic heterocycles. The van der Waals surface area contributed by atoms with Crippen molar-refractivity contribution >= 4 is 28.4 Å². The van der Waals surface area contributed by atoms with Crippen LogP contribution in [0.1, 0.15) is 5.56 Å². The van der Waals surface area contributed by atoms with Gasteiger partial charge in [-0.25, -0.2) is 4.39 Å². The fourth-order valence-electron chi connectivity index (χ4n) is 3.44. The summed E-state index contributed by atoms with van der Waals surface area (Å²) in [6, 6.07) is 19.5. The number of fused-ring (bicyclic) bond motifs is 2. The summed E-state index contributed by atoms with van der Waals surface area (Å²) in [5.41, 5.74) is 2.40. The van der Waals surface area contributed by atoms with E-state index in [1.807, 2.05) is 42.5 Å². The van der Waals surface area contributed by atoms with Crippen LogP contribution in [-0.4, -0.2) is 28.7 Å². The van der Waals surface area contributed by atoms with E-state index in [1.54, 1.807) is 12.1 Å². The van der Waals surface area contributed by atoms with Crippen molar-refractivity contribution in [2.75, 3.05) is 12.5 Å². The van der Waals surface area contributed by atoms with E-state index in [0.29, 0.717) is 28.8 Å². The van der Waals surface area contributed by atoms with Crippen LogP contribution in [0.5, 0.6) is 11.5 Å².